The smallest absolute Gasteiger partial charge is 0.267 e. The number of hydrogen-bond acceptors (Lipinski definition) is 5. The highest BCUT2D eigenvalue weighted by Gasteiger charge is 2.34. The summed E-state index contributed by atoms with van der Waals surface area (Å²) in [6.45, 7) is 8.77. The summed E-state index contributed by atoms with van der Waals surface area (Å²) < 4.78 is 0. The third kappa shape index (κ3) is 4.75. The van der Waals surface area contributed by atoms with Gasteiger partial charge in [-0.25, -0.2) is 0 Å². The molecule has 3 atom stereocenters. The number of nitrogens with one attached hydrogen (secondary N) is 1. The number of carbonyl (C=O) groups excluding carboxylic acids is 2. The first-order valence-electron chi connectivity index (χ1n) is 9.90. The van der Waals surface area contributed by atoms with E-state index in [9.17, 15) is 9.59 Å². The lowest BCUT2D eigenvalue weighted by Gasteiger charge is -2.35. The first-order chi connectivity index (χ1) is 13.0. The van der Waals surface area contributed by atoms with Crippen LogP contribution < -0.4 is 10.3 Å². The van der Waals surface area contributed by atoms with Gasteiger partial charge in [-0.2, -0.15) is 5.10 Å². The third-order valence-electron chi connectivity index (χ3n) is 5.53. The maximum Gasteiger partial charge on any atom is 0.267 e. The van der Waals surface area contributed by atoms with E-state index in [-0.39, 0.29) is 11.7 Å². The SMILES string of the molecule is CC(=O)C1CC(C(=O)NCC(C)N2CCCC(C)C2)=NN1c1ccccc1. The number of benzene rings is 1. The first kappa shape index (κ1) is 19.5. The molecule has 3 unspecified atom stereocenters. The number of anilines is 1. The molecule has 1 aromatic carbocycles. The number of hydrazone groups is 1. The Morgan fingerprint density at radius 3 is 2.70 bits per heavy atom. The van der Waals surface area contributed by atoms with Gasteiger partial charge < -0.3 is 5.32 Å². The molecule has 6 nitrogen and oxygen atoms in total. The molecule has 146 valence electrons. The molecule has 1 saturated heterocycles. The van der Waals surface area contributed by atoms with E-state index in [4.69, 9.17) is 0 Å². The second-order valence-corrected chi connectivity index (χ2v) is 7.86. The Hall–Kier alpha value is -2.21. The minimum absolute atomic E-state index is 0.0149. The van der Waals surface area contributed by atoms with Gasteiger partial charge in [-0.05, 0) is 51.3 Å². The number of carbonyl (C=O) groups is 2. The Balaban J connectivity index is 1.61. The van der Waals surface area contributed by atoms with Crippen molar-refractivity contribution < 1.29 is 9.59 Å². The molecule has 6 heteroatoms. The molecule has 1 amide bonds. The monoisotopic (exact) mass is 370 g/mol. The van der Waals surface area contributed by atoms with Crippen LogP contribution in [-0.2, 0) is 9.59 Å². The lowest BCUT2D eigenvalue weighted by molar-refractivity contribution is -0.118. The molecule has 0 bridgehead atoms. The van der Waals surface area contributed by atoms with Crippen LogP contribution in [0.3, 0.4) is 0 Å². The second kappa shape index (κ2) is 8.65. The maximum atomic E-state index is 12.6. The molecular formula is C21H30N4O2. The van der Waals surface area contributed by atoms with Gasteiger partial charge in [0.15, 0.2) is 5.78 Å². The highest BCUT2D eigenvalue weighted by atomic mass is 16.2. The molecule has 0 spiro atoms. The molecule has 0 aliphatic carbocycles. The molecule has 0 radical (unpaired) electrons. The molecule has 27 heavy (non-hydrogen) atoms. The molecule has 2 aliphatic heterocycles. The second-order valence-electron chi connectivity index (χ2n) is 7.86. The van der Waals surface area contributed by atoms with Crippen molar-refractivity contribution in [3.05, 3.63) is 30.3 Å². The topological polar surface area (TPSA) is 65.0 Å². The van der Waals surface area contributed by atoms with Crippen LogP contribution in [0.1, 0.15) is 40.0 Å². The summed E-state index contributed by atoms with van der Waals surface area (Å²) in [5.41, 5.74) is 1.26. The Morgan fingerprint density at radius 2 is 2.04 bits per heavy atom. The average Bonchev–Trinajstić information content (AvgIpc) is 3.12. The number of Topliss-reactive ketones (excluding diaryl/α,β-unsaturated/α-hetero) is 1. The minimum Gasteiger partial charge on any atom is -0.349 e. The van der Waals surface area contributed by atoms with E-state index in [1.807, 2.05) is 30.3 Å². The number of nitrogens with zero attached hydrogens (tertiary/aromatic N) is 3. The van der Waals surface area contributed by atoms with Crippen molar-refractivity contribution in [3.63, 3.8) is 0 Å². The van der Waals surface area contributed by atoms with Gasteiger partial charge in [0.05, 0.1) is 5.69 Å². The van der Waals surface area contributed by atoms with Crippen molar-refractivity contribution in [2.75, 3.05) is 24.6 Å². The molecule has 0 saturated carbocycles. The van der Waals surface area contributed by atoms with E-state index in [1.165, 1.54) is 12.8 Å². The van der Waals surface area contributed by atoms with Gasteiger partial charge in [0, 0.05) is 25.6 Å². The fourth-order valence-corrected chi connectivity index (χ4v) is 3.88. The number of hydrogen-bond donors (Lipinski definition) is 1. The third-order valence-corrected chi connectivity index (χ3v) is 5.53. The van der Waals surface area contributed by atoms with Gasteiger partial charge in [-0.15, -0.1) is 0 Å². The van der Waals surface area contributed by atoms with Crippen LogP contribution in [0.4, 0.5) is 5.69 Å². The predicted octanol–water partition coefficient (Wildman–Crippen LogP) is 2.45. The van der Waals surface area contributed by atoms with Crippen LogP contribution in [-0.4, -0.2) is 54.0 Å². The summed E-state index contributed by atoms with van der Waals surface area (Å²) in [5, 5.41) is 9.16. The highest BCUT2D eigenvalue weighted by molar-refractivity contribution is 6.40. The summed E-state index contributed by atoms with van der Waals surface area (Å²) in [5.74, 6) is 0.560. The number of likely N-dealkylation sites (tertiary alicyclic amines) is 1. The molecular weight excluding hydrogens is 340 g/mol. The number of ketones is 1. The maximum absolute atomic E-state index is 12.6. The van der Waals surface area contributed by atoms with Crippen LogP contribution in [0.2, 0.25) is 0 Å². The predicted molar refractivity (Wildman–Crippen MR) is 108 cm³/mol. The van der Waals surface area contributed by atoms with Crippen molar-refractivity contribution in [1.29, 1.82) is 0 Å². The fourth-order valence-electron chi connectivity index (χ4n) is 3.88. The van der Waals surface area contributed by atoms with E-state index in [2.05, 4.69) is 29.2 Å². The standard InChI is InChI=1S/C21H30N4O2/c1-15-8-7-11-24(14-15)16(2)13-22-21(27)19-12-20(17(3)26)25(23-19)18-9-5-4-6-10-18/h4-6,9-10,15-16,20H,7-8,11-14H2,1-3H3,(H,22,27). The van der Waals surface area contributed by atoms with E-state index in [0.717, 1.165) is 18.8 Å². The van der Waals surface area contributed by atoms with Crippen LogP contribution >= 0.6 is 0 Å². The normalized spacial score (nSPS) is 24.4. The highest BCUT2D eigenvalue weighted by Crippen LogP contribution is 2.25. The number of rotatable bonds is 6. The number of para-hydroxylation sites is 1. The number of amides is 1. The summed E-state index contributed by atoms with van der Waals surface area (Å²) in [7, 11) is 0. The average molecular weight is 370 g/mol. The zero-order valence-corrected chi connectivity index (χ0v) is 16.5. The van der Waals surface area contributed by atoms with Crippen molar-refractivity contribution in [2.24, 2.45) is 11.0 Å². The summed E-state index contributed by atoms with van der Waals surface area (Å²) in [6, 6.07) is 9.42. The Labute approximate surface area is 161 Å². The fraction of sp³-hybridized carbons (Fsp3) is 0.571. The van der Waals surface area contributed by atoms with Gasteiger partial charge in [0.2, 0.25) is 0 Å². The first-order valence-corrected chi connectivity index (χ1v) is 9.90. The van der Waals surface area contributed by atoms with Crippen LogP contribution in [0.15, 0.2) is 35.4 Å². The zero-order chi connectivity index (χ0) is 19.4. The lowest BCUT2D eigenvalue weighted by Crippen LogP contribution is -2.47. The zero-order valence-electron chi connectivity index (χ0n) is 16.5. The molecule has 1 N–H and O–H groups in total. The Kier molecular flexibility index (Phi) is 6.26. The van der Waals surface area contributed by atoms with Crippen molar-refractivity contribution in [1.82, 2.24) is 10.2 Å². The summed E-state index contributed by atoms with van der Waals surface area (Å²) in [6.07, 6.45) is 2.86. The van der Waals surface area contributed by atoms with Gasteiger partial charge in [-0.3, -0.25) is 19.5 Å². The van der Waals surface area contributed by atoms with Gasteiger partial charge in [-0.1, -0.05) is 25.1 Å². The van der Waals surface area contributed by atoms with E-state index in [0.29, 0.717) is 30.6 Å². The quantitative estimate of drug-likeness (QED) is 0.835. The van der Waals surface area contributed by atoms with Crippen LogP contribution in [0.25, 0.3) is 0 Å². The lowest BCUT2D eigenvalue weighted by atomic mass is 9.99. The van der Waals surface area contributed by atoms with Crippen molar-refractivity contribution in [3.8, 4) is 0 Å². The van der Waals surface area contributed by atoms with Gasteiger partial charge in [0.25, 0.3) is 5.91 Å². The van der Waals surface area contributed by atoms with E-state index < -0.39 is 6.04 Å². The molecule has 3 rings (SSSR count). The summed E-state index contributed by atoms with van der Waals surface area (Å²) >= 11 is 0. The largest absolute Gasteiger partial charge is 0.349 e. The Morgan fingerprint density at radius 1 is 1.30 bits per heavy atom. The van der Waals surface area contributed by atoms with Gasteiger partial charge >= 0.3 is 0 Å². The Bertz CT molecular complexity index is 703. The number of piperidine rings is 1. The van der Waals surface area contributed by atoms with Crippen molar-refractivity contribution >= 4 is 23.1 Å². The van der Waals surface area contributed by atoms with Crippen LogP contribution in [0.5, 0.6) is 0 Å². The molecule has 2 aliphatic rings. The molecule has 2 heterocycles. The minimum atomic E-state index is -0.409. The van der Waals surface area contributed by atoms with E-state index in [1.54, 1.807) is 11.9 Å². The van der Waals surface area contributed by atoms with Crippen LogP contribution in [0, 0.1) is 5.92 Å². The van der Waals surface area contributed by atoms with Gasteiger partial charge in [0.1, 0.15) is 11.8 Å². The molecule has 1 fully saturated rings. The van der Waals surface area contributed by atoms with Crippen molar-refractivity contribution in [2.45, 2.75) is 52.1 Å². The molecule has 1 aromatic rings. The summed E-state index contributed by atoms with van der Waals surface area (Å²) in [4.78, 5) is 27.1. The van der Waals surface area contributed by atoms with E-state index >= 15 is 0 Å². The molecule has 0 aromatic heterocycles.